The summed E-state index contributed by atoms with van der Waals surface area (Å²) in [6, 6.07) is 8.22. The number of rotatable bonds is 4. The third-order valence-electron chi connectivity index (χ3n) is 4.28. The van der Waals surface area contributed by atoms with Crippen LogP contribution in [0, 0.1) is 0 Å². The van der Waals surface area contributed by atoms with E-state index in [-0.39, 0.29) is 5.91 Å². The molecule has 2 aromatic rings. The van der Waals surface area contributed by atoms with E-state index in [1.54, 1.807) is 7.05 Å². The van der Waals surface area contributed by atoms with Crippen molar-refractivity contribution in [2.75, 3.05) is 13.6 Å². The number of carbonyl (C=O) groups excluding carboxylic acids is 1. The molecular formula is C17H22N4O. The van der Waals surface area contributed by atoms with Crippen molar-refractivity contribution in [3.05, 3.63) is 53.6 Å². The molecule has 0 aliphatic carbocycles. The van der Waals surface area contributed by atoms with Gasteiger partial charge in [-0.05, 0) is 37.1 Å². The van der Waals surface area contributed by atoms with Gasteiger partial charge < -0.3 is 10.3 Å². The fourth-order valence-electron chi connectivity index (χ4n) is 3.09. The molecule has 0 bridgehead atoms. The Bertz CT molecular complexity index is 606. The minimum atomic E-state index is -0.0435. The lowest BCUT2D eigenvalue weighted by Gasteiger charge is -2.34. The molecule has 1 saturated heterocycles. The number of aromatic amines is 1. The van der Waals surface area contributed by atoms with E-state index in [1.807, 2.05) is 36.7 Å². The molecule has 22 heavy (non-hydrogen) atoms. The maximum atomic E-state index is 11.6. The van der Waals surface area contributed by atoms with Gasteiger partial charge in [0.25, 0.3) is 5.91 Å². The van der Waals surface area contributed by atoms with Gasteiger partial charge in [0.05, 0.1) is 6.04 Å². The van der Waals surface area contributed by atoms with Crippen LogP contribution >= 0.6 is 0 Å². The van der Waals surface area contributed by atoms with Gasteiger partial charge in [-0.2, -0.15) is 0 Å². The minimum Gasteiger partial charge on any atom is -0.355 e. The normalized spacial score (nSPS) is 19.0. The molecule has 1 amide bonds. The van der Waals surface area contributed by atoms with Gasteiger partial charge in [-0.25, -0.2) is 4.98 Å². The van der Waals surface area contributed by atoms with Crippen molar-refractivity contribution in [1.29, 1.82) is 0 Å². The number of hydrogen-bond acceptors (Lipinski definition) is 3. The highest BCUT2D eigenvalue weighted by Gasteiger charge is 2.25. The zero-order valence-electron chi connectivity index (χ0n) is 12.9. The molecular weight excluding hydrogens is 276 g/mol. The monoisotopic (exact) mass is 298 g/mol. The van der Waals surface area contributed by atoms with Crippen LogP contribution in [0.3, 0.4) is 0 Å². The van der Waals surface area contributed by atoms with Gasteiger partial charge in [0, 0.05) is 31.5 Å². The van der Waals surface area contributed by atoms with Gasteiger partial charge in [0.1, 0.15) is 5.82 Å². The van der Waals surface area contributed by atoms with Crippen LogP contribution in [0.25, 0.3) is 0 Å². The van der Waals surface area contributed by atoms with Crippen molar-refractivity contribution >= 4 is 5.91 Å². The number of H-pyrrole nitrogens is 1. The lowest BCUT2D eigenvalue weighted by molar-refractivity contribution is 0.0963. The van der Waals surface area contributed by atoms with E-state index in [4.69, 9.17) is 0 Å². The molecule has 1 aromatic heterocycles. The van der Waals surface area contributed by atoms with Crippen LogP contribution in [0.1, 0.15) is 47.1 Å². The first-order chi connectivity index (χ1) is 10.8. The van der Waals surface area contributed by atoms with Gasteiger partial charge in [0.15, 0.2) is 0 Å². The molecule has 0 radical (unpaired) electrons. The Morgan fingerprint density at radius 1 is 1.36 bits per heavy atom. The number of piperidine rings is 1. The first-order valence-electron chi connectivity index (χ1n) is 7.82. The predicted octanol–water partition coefficient (Wildman–Crippen LogP) is 2.50. The van der Waals surface area contributed by atoms with Crippen molar-refractivity contribution in [3.8, 4) is 0 Å². The molecule has 5 heteroatoms. The molecule has 1 fully saturated rings. The molecule has 0 unspecified atom stereocenters. The number of likely N-dealkylation sites (tertiary alicyclic amines) is 1. The topological polar surface area (TPSA) is 61.0 Å². The summed E-state index contributed by atoms with van der Waals surface area (Å²) in [5, 5.41) is 2.65. The van der Waals surface area contributed by atoms with E-state index in [1.165, 1.54) is 18.4 Å². The molecule has 5 nitrogen and oxygen atoms in total. The fraction of sp³-hybridized carbons (Fsp3) is 0.412. The van der Waals surface area contributed by atoms with Gasteiger partial charge in [-0.1, -0.05) is 18.6 Å². The summed E-state index contributed by atoms with van der Waals surface area (Å²) in [5.74, 6) is 1.01. The van der Waals surface area contributed by atoms with E-state index in [2.05, 4.69) is 20.2 Å². The van der Waals surface area contributed by atoms with E-state index in [0.29, 0.717) is 11.6 Å². The standard InChI is InChI=1S/C17H22N4O/c1-18-17(22)14-7-5-13(6-8-14)12-21-11-3-2-4-15(21)16-19-9-10-20-16/h5-10,15H,2-4,11-12H2,1H3,(H,18,22)(H,19,20)/t15-/m0/s1. The second kappa shape index (κ2) is 6.75. The van der Waals surface area contributed by atoms with Crippen molar-refractivity contribution in [2.45, 2.75) is 31.8 Å². The zero-order valence-corrected chi connectivity index (χ0v) is 12.9. The maximum absolute atomic E-state index is 11.6. The number of carbonyl (C=O) groups is 1. The van der Waals surface area contributed by atoms with Crippen molar-refractivity contribution in [2.24, 2.45) is 0 Å². The number of nitrogens with one attached hydrogen (secondary N) is 2. The molecule has 2 heterocycles. The van der Waals surface area contributed by atoms with Crippen LogP contribution in [0.4, 0.5) is 0 Å². The van der Waals surface area contributed by atoms with E-state index in [0.717, 1.165) is 25.3 Å². The summed E-state index contributed by atoms with van der Waals surface area (Å²) in [6.07, 6.45) is 7.33. The molecule has 1 aromatic carbocycles. The highest BCUT2D eigenvalue weighted by molar-refractivity contribution is 5.93. The quantitative estimate of drug-likeness (QED) is 0.911. The highest BCUT2D eigenvalue weighted by Crippen LogP contribution is 2.30. The van der Waals surface area contributed by atoms with Crippen molar-refractivity contribution < 1.29 is 4.79 Å². The number of aromatic nitrogens is 2. The summed E-state index contributed by atoms with van der Waals surface area (Å²) < 4.78 is 0. The van der Waals surface area contributed by atoms with Crippen LogP contribution in [0.2, 0.25) is 0 Å². The van der Waals surface area contributed by atoms with Gasteiger partial charge >= 0.3 is 0 Å². The third-order valence-corrected chi connectivity index (χ3v) is 4.28. The number of hydrogen-bond donors (Lipinski definition) is 2. The Hall–Kier alpha value is -2.14. The van der Waals surface area contributed by atoms with Crippen molar-refractivity contribution in [1.82, 2.24) is 20.2 Å². The Morgan fingerprint density at radius 2 is 2.18 bits per heavy atom. The van der Waals surface area contributed by atoms with Crippen molar-refractivity contribution in [3.63, 3.8) is 0 Å². The lowest BCUT2D eigenvalue weighted by atomic mass is 10.0. The summed E-state index contributed by atoms with van der Waals surface area (Å²) in [5.41, 5.74) is 1.93. The average Bonchev–Trinajstić information content (AvgIpc) is 3.10. The van der Waals surface area contributed by atoms with Crippen LogP contribution in [0.15, 0.2) is 36.7 Å². The molecule has 2 N–H and O–H groups in total. The number of benzene rings is 1. The average molecular weight is 298 g/mol. The number of nitrogens with zero attached hydrogens (tertiary/aromatic N) is 2. The largest absolute Gasteiger partial charge is 0.355 e. The van der Waals surface area contributed by atoms with Crippen LogP contribution < -0.4 is 5.32 Å². The fourth-order valence-corrected chi connectivity index (χ4v) is 3.09. The molecule has 0 spiro atoms. The summed E-state index contributed by atoms with van der Waals surface area (Å²) in [7, 11) is 1.65. The second-order valence-corrected chi connectivity index (χ2v) is 5.73. The molecule has 1 aliphatic rings. The Balaban J connectivity index is 1.71. The lowest BCUT2D eigenvalue weighted by Crippen LogP contribution is -2.33. The SMILES string of the molecule is CNC(=O)c1ccc(CN2CCCC[C@H]2c2ncc[nH]2)cc1. The van der Waals surface area contributed by atoms with Crippen LogP contribution in [-0.4, -0.2) is 34.4 Å². The van der Waals surface area contributed by atoms with Gasteiger partial charge in [-0.15, -0.1) is 0 Å². The van der Waals surface area contributed by atoms with E-state index < -0.39 is 0 Å². The van der Waals surface area contributed by atoms with Crippen LogP contribution in [0.5, 0.6) is 0 Å². The smallest absolute Gasteiger partial charge is 0.251 e. The van der Waals surface area contributed by atoms with Gasteiger partial charge in [0.2, 0.25) is 0 Å². The minimum absolute atomic E-state index is 0.0435. The third kappa shape index (κ3) is 3.20. The van der Waals surface area contributed by atoms with Crippen LogP contribution in [-0.2, 0) is 6.54 Å². The Kier molecular flexibility index (Phi) is 4.53. The summed E-state index contributed by atoms with van der Waals surface area (Å²) >= 11 is 0. The first-order valence-corrected chi connectivity index (χ1v) is 7.82. The predicted molar refractivity (Wildman–Crippen MR) is 85.4 cm³/mol. The molecule has 1 atom stereocenters. The molecule has 0 saturated carbocycles. The number of imidazole rings is 1. The highest BCUT2D eigenvalue weighted by atomic mass is 16.1. The zero-order chi connectivity index (χ0) is 15.4. The molecule has 1 aliphatic heterocycles. The Labute approximate surface area is 130 Å². The van der Waals surface area contributed by atoms with E-state index in [9.17, 15) is 4.79 Å². The molecule has 3 rings (SSSR count). The maximum Gasteiger partial charge on any atom is 0.251 e. The Morgan fingerprint density at radius 3 is 2.86 bits per heavy atom. The number of amides is 1. The summed E-state index contributed by atoms with van der Waals surface area (Å²) in [6.45, 7) is 1.97. The molecule has 116 valence electrons. The first kappa shape index (κ1) is 14.8. The second-order valence-electron chi connectivity index (χ2n) is 5.73. The van der Waals surface area contributed by atoms with E-state index >= 15 is 0 Å². The van der Waals surface area contributed by atoms with Gasteiger partial charge in [-0.3, -0.25) is 9.69 Å². The summed E-state index contributed by atoms with van der Waals surface area (Å²) in [4.78, 5) is 21.7.